The van der Waals surface area contributed by atoms with Crippen molar-refractivity contribution in [1.29, 1.82) is 0 Å². The maximum absolute atomic E-state index is 12.7. The molecule has 1 saturated heterocycles. The summed E-state index contributed by atoms with van der Waals surface area (Å²) in [6.45, 7) is 3.42. The maximum atomic E-state index is 12.7. The predicted octanol–water partition coefficient (Wildman–Crippen LogP) is 2.06. The second-order valence-electron chi connectivity index (χ2n) is 7.06. The van der Waals surface area contributed by atoms with Crippen LogP contribution in [-0.4, -0.2) is 64.6 Å². The number of likely N-dealkylation sites (N-methyl/N-ethyl adjacent to an activating group) is 1. The van der Waals surface area contributed by atoms with E-state index in [0.717, 1.165) is 37.0 Å². The highest BCUT2D eigenvalue weighted by Crippen LogP contribution is 2.19. The number of nitrogens with zero attached hydrogens (tertiary/aromatic N) is 4. The Bertz CT molecular complexity index is 999. The molecule has 4 rings (SSSR count). The number of amides is 2. The number of piperazine rings is 1. The summed E-state index contributed by atoms with van der Waals surface area (Å²) in [6, 6.07) is 15.1. The van der Waals surface area contributed by atoms with Crippen LogP contribution in [-0.2, 0) is 11.3 Å². The number of fused-ring (bicyclic) bond motifs is 1. The molecule has 0 radical (unpaired) electrons. The van der Waals surface area contributed by atoms with Crippen LogP contribution in [0.1, 0.15) is 10.4 Å². The Hall–Kier alpha value is -3.19. The second-order valence-corrected chi connectivity index (χ2v) is 7.06. The van der Waals surface area contributed by atoms with E-state index in [1.807, 2.05) is 41.3 Å². The molecule has 0 spiro atoms. The zero-order valence-corrected chi connectivity index (χ0v) is 15.8. The minimum Gasteiger partial charge on any atom is -0.339 e. The fourth-order valence-electron chi connectivity index (χ4n) is 3.42. The Morgan fingerprint density at radius 1 is 1.00 bits per heavy atom. The Balaban J connectivity index is 1.42. The zero-order chi connectivity index (χ0) is 19.5. The summed E-state index contributed by atoms with van der Waals surface area (Å²) in [6.07, 6.45) is 1.71. The van der Waals surface area contributed by atoms with Crippen molar-refractivity contribution in [2.75, 3.05) is 38.5 Å². The smallest absolute Gasteiger partial charge is 0.257 e. The Morgan fingerprint density at radius 3 is 2.57 bits per heavy atom. The van der Waals surface area contributed by atoms with Crippen LogP contribution in [0.2, 0.25) is 0 Å². The summed E-state index contributed by atoms with van der Waals surface area (Å²) >= 11 is 0. The van der Waals surface area contributed by atoms with Crippen molar-refractivity contribution in [2.24, 2.45) is 0 Å². The summed E-state index contributed by atoms with van der Waals surface area (Å²) in [7, 11) is 2.06. The van der Waals surface area contributed by atoms with Crippen LogP contribution in [0.4, 0.5) is 5.82 Å². The van der Waals surface area contributed by atoms with Gasteiger partial charge in [-0.2, -0.15) is 5.10 Å². The van der Waals surface area contributed by atoms with Crippen molar-refractivity contribution in [1.82, 2.24) is 19.6 Å². The highest BCUT2D eigenvalue weighted by molar-refractivity contribution is 6.12. The minimum atomic E-state index is -0.215. The van der Waals surface area contributed by atoms with E-state index in [1.54, 1.807) is 23.0 Å². The number of anilines is 1. The summed E-state index contributed by atoms with van der Waals surface area (Å²) in [5.41, 5.74) is 0.598. The van der Waals surface area contributed by atoms with Gasteiger partial charge in [0.1, 0.15) is 6.54 Å². The number of carbonyl (C=O) groups excluding carboxylic acids is 2. The maximum Gasteiger partial charge on any atom is 0.257 e. The highest BCUT2D eigenvalue weighted by Gasteiger charge is 2.19. The molecule has 3 aromatic rings. The van der Waals surface area contributed by atoms with Gasteiger partial charge in [0.05, 0.1) is 0 Å². The number of rotatable bonds is 4. The van der Waals surface area contributed by atoms with E-state index in [4.69, 9.17) is 0 Å². The molecule has 1 aliphatic rings. The first-order valence-corrected chi connectivity index (χ1v) is 9.39. The van der Waals surface area contributed by atoms with Crippen molar-refractivity contribution in [3.63, 3.8) is 0 Å². The molecular formula is C21H23N5O2. The third-order valence-electron chi connectivity index (χ3n) is 5.07. The second kappa shape index (κ2) is 7.82. The normalized spacial score (nSPS) is 15.0. The van der Waals surface area contributed by atoms with E-state index in [1.165, 1.54) is 0 Å². The lowest BCUT2D eigenvalue weighted by Crippen LogP contribution is -2.48. The highest BCUT2D eigenvalue weighted by atomic mass is 16.2. The van der Waals surface area contributed by atoms with Crippen LogP contribution in [0.3, 0.4) is 0 Å². The molecule has 0 saturated carbocycles. The lowest BCUT2D eigenvalue weighted by molar-refractivity contribution is -0.133. The zero-order valence-electron chi connectivity index (χ0n) is 15.8. The Morgan fingerprint density at radius 2 is 1.75 bits per heavy atom. The molecular weight excluding hydrogens is 354 g/mol. The largest absolute Gasteiger partial charge is 0.339 e. The fourth-order valence-corrected chi connectivity index (χ4v) is 3.42. The van der Waals surface area contributed by atoms with Gasteiger partial charge >= 0.3 is 0 Å². The van der Waals surface area contributed by atoms with Gasteiger partial charge in [-0.25, -0.2) is 0 Å². The van der Waals surface area contributed by atoms with Gasteiger partial charge in [-0.3, -0.25) is 14.3 Å². The van der Waals surface area contributed by atoms with Crippen LogP contribution in [0.5, 0.6) is 0 Å². The van der Waals surface area contributed by atoms with E-state index in [-0.39, 0.29) is 18.4 Å². The summed E-state index contributed by atoms with van der Waals surface area (Å²) in [4.78, 5) is 29.2. The molecule has 0 atom stereocenters. The number of benzene rings is 2. The Kier molecular flexibility index (Phi) is 5.08. The monoisotopic (exact) mass is 377 g/mol. The van der Waals surface area contributed by atoms with Crippen LogP contribution >= 0.6 is 0 Å². The summed E-state index contributed by atoms with van der Waals surface area (Å²) in [5.74, 6) is 0.264. The molecule has 0 bridgehead atoms. The lowest BCUT2D eigenvalue weighted by Gasteiger charge is -2.32. The van der Waals surface area contributed by atoms with Crippen LogP contribution in [0.25, 0.3) is 10.8 Å². The molecule has 1 aromatic heterocycles. The van der Waals surface area contributed by atoms with Gasteiger partial charge in [0, 0.05) is 44.0 Å². The first-order chi connectivity index (χ1) is 13.6. The van der Waals surface area contributed by atoms with Crippen molar-refractivity contribution >= 4 is 28.4 Å². The van der Waals surface area contributed by atoms with Crippen LogP contribution in [0.15, 0.2) is 54.7 Å². The van der Waals surface area contributed by atoms with Gasteiger partial charge in [0.15, 0.2) is 5.82 Å². The molecule has 1 aliphatic heterocycles. The average molecular weight is 377 g/mol. The first-order valence-electron chi connectivity index (χ1n) is 9.39. The van der Waals surface area contributed by atoms with E-state index in [2.05, 4.69) is 22.4 Å². The van der Waals surface area contributed by atoms with E-state index >= 15 is 0 Å². The van der Waals surface area contributed by atoms with Gasteiger partial charge in [-0.15, -0.1) is 0 Å². The molecule has 0 aliphatic carbocycles. The van der Waals surface area contributed by atoms with Gasteiger partial charge in [0.2, 0.25) is 5.91 Å². The third-order valence-corrected chi connectivity index (χ3v) is 5.07. The number of hydrogen-bond acceptors (Lipinski definition) is 4. The van der Waals surface area contributed by atoms with Crippen molar-refractivity contribution in [2.45, 2.75) is 6.54 Å². The number of carbonyl (C=O) groups is 2. The van der Waals surface area contributed by atoms with Crippen molar-refractivity contribution in [3.05, 3.63) is 60.3 Å². The molecule has 2 aromatic carbocycles. The third kappa shape index (κ3) is 3.89. The van der Waals surface area contributed by atoms with Crippen LogP contribution in [0, 0.1) is 0 Å². The summed E-state index contributed by atoms with van der Waals surface area (Å²) < 4.78 is 1.57. The molecule has 7 nitrogen and oxygen atoms in total. The first kappa shape index (κ1) is 18.2. The SMILES string of the molecule is CN1CCN(C(=O)Cn2ccc(NC(=O)c3cccc4ccccc34)n2)CC1. The number of aromatic nitrogens is 2. The number of hydrogen-bond donors (Lipinski definition) is 1. The minimum absolute atomic E-state index is 0.0446. The molecule has 144 valence electrons. The van der Waals surface area contributed by atoms with Gasteiger partial charge < -0.3 is 15.1 Å². The number of nitrogens with one attached hydrogen (secondary N) is 1. The molecule has 2 heterocycles. The molecule has 7 heteroatoms. The fraction of sp³-hybridized carbons (Fsp3) is 0.286. The van der Waals surface area contributed by atoms with E-state index in [0.29, 0.717) is 11.4 Å². The van der Waals surface area contributed by atoms with Crippen molar-refractivity contribution < 1.29 is 9.59 Å². The van der Waals surface area contributed by atoms with Gasteiger partial charge in [-0.05, 0) is 23.9 Å². The van der Waals surface area contributed by atoms with E-state index < -0.39 is 0 Å². The Labute approximate surface area is 163 Å². The van der Waals surface area contributed by atoms with Gasteiger partial charge in [-0.1, -0.05) is 36.4 Å². The molecule has 28 heavy (non-hydrogen) atoms. The topological polar surface area (TPSA) is 70.5 Å². The summed E-state index contributed by atoms with van der Waals surface area (Å²) in [5, 5.41) is 9.07. The van der Waals surface area contributed by atoms with E-state index in [9.17, 15) is 9.59 Å². The van der Waals surface area contributed by atoms with Crippen LogP contribution < -0.4 is 5.32 Å². The predicted molar refractivity (Wildman–Crippen MR) is 108 cm³/mol. The lowest BCUT2D eigenvalue weighted by atomic mass is 10.0. The molecule has 1 N–H and O–H groups in total. The standard InChI is InChI=1S/C21H23N5O2/c1-24-11-13-25(14-12-24)20(27)15-26-10-9-19(23-26)22-21(28)18-8-4-6-16-5-2-3-7-17(16)18/h2-10H,11-15H2,1H3,(H,22,23,28). The molecule has 0 unspecified atom stereocenters. The molecule has 2 amide bonds. The molecule has 1 fully saturated rings. The quantitative estimate of drug-likeness (QED) is 0.756. The van der Waals surface area contributed by atoms with Gasteiger partial charge in [0.25, 0.3) is 5.91 Å². The van der Waals surface area contributed by atoms with Crippen molar-refractivity contribution in [3.8, 4) is 0 Å². The average Bonchev–Trinajstić information content (AvgIpc) is 3.14.